The van der Waals surface area contributed by atoms with Gasteiger partial charge in [0.05, 0.1) is 4.92 Å². The molecule has 5 nitrogen and oxygen atoms in total. The van der Waals surface area contributed by atoms with Crippen LogP contribution in [0.4, 0.5) is 11.4 Å². The normalized spacial score (nSPS) is 16.5. The van der Waals surface area contributed by atoms with Gasteiger partial charge in [-0.15, -0.1) is 0 Å². The van der Waals surface area contributed by atoms with E-state index in [1.807, 2.05) is 12.1 Å². The Morgan fingerprint density at radius 2 is 1.89 bits per heavy atom. The summed E-state index contributed by atoms with van der Waals surface area (Å²) >= 11 is 0. The minimum Gasteiger partial charge on any atom is -0.363 e. The van der Waals surface area contributed by atoms with Crippen LogP contribution < -0.4 is 10.2 Å². The molecule has 1 aromatic carbocycles. The van der Waals surface area contributed by atoms with E-state index in [-0.39, 0.29) is 16.0 Å². The largest absolute Gasteiger partial charge is 0.363 e. The summed E-state index contributed by atoms with van der Waals surface area (Å²) in [6.07, 6.45) is 0. The summed E-state index contributed by atoms with van der Waals surface area (Å²) in [6.45, 7) is 9.57. The van der Waals surface area contributed by atoms with Gasteiger partial charge in [-0.3, -0.25) is 10.1 Å². The molecule has 0 saturated carbocycles. The number of nitro groups is 1. The van der Waals surface area contributed by atoms with Crippen molar-refractivity contribution in [3.8, 4) is 0 Å². The third-order valence-corrected chi connectivity index (χ3v) is 3.50. The molecule has 1 aliphatic rings. The second-order valence-electron chi connectivity index (χ2n) is 5.95. The zero-order valence-electron chi connectivity index (χ0n) is 11.8. The minimum atomic E-state index is -0.271. The molecule has 0 spiro atoms. The highest BCUT2D eigenvalue weighted by atomic mass is 16.6. The smallest absolute Gasteiger partial charge is 0.292 e. The predicted octanol–water partition coefficient (Wildman–Crippen LogP) is 2.30. The van der Waals surface area contributed by atoms with E-state index in [2.05, 4.69) is 31.0 Å². The van der Waals surface area contributed by atoms with Crippen molar-refractivity contribution >= 4 is 11.4 Å². The summed E-state index contributed by atoms with van der Waals surface area (Å²) in [7, 11) is 0. The Morgan fingerprint density at radius 1 is 1.26 bits per heavy atom. The van der Waals surface area contributed by atoms with Gasteiger partial charge in [0, 0.05) is 32.2 Å². The van der Waals surface area contributed by atoms with E-state index in [4.69, 9.17) is 0 Å². The van der Waals surface area contributed by atoms with Crippen molar-refractivity contribution < 1.29 is 4.92 Å². The number of nitrogens with one attached hydrogen (secondary N) is 1. The number of nitro benzene ring substituents is 1. The Morgan fingerprint density at radius 3 is 2.42 bits per heavy atom. The molecule has 0 radical (unpaired) electrons. The quantitative estimate of drug-likeness (QED) is 0.657. The van der Waals surface area contributed by atoms with Gasteiger partial charge < -0.3 is 10.2 Å². The van der Waals surface area contributed by atoms with E-state index in [1.165, 1.54) is 0 Å². The fraction of sp³-hybridized carbons (Fsp3) is 0.571. The summed E-state index contributed by atoms with van der Waals surface area (Å²) in [4.78, 5) is 13.1. The summed E-state index contributed by atoms with van der Waals surface area (Å²) in [5.41, 5.74) is 1.87. The molecule has 0 unspecified atom stereocenters. The van der Waals surface area contributed by atoms with Crippen LogP contribution in [0.3, 0.4) is 0 Å². The molecular weight excluding hydrogens is 242 g/mol. The number of piperazine rings is 1. The van der Waals surface area contributed by atoms with E-state index in [1.54, 1.807) is 6.07 Å². The van der Waals surface area contributed by atoms with Crippen molar-refractivity contribution in [2.45, 2.75) is 26.2 Å². The van der Waals surface area contributed by atoms with Crippen LogP contribution >= 0.6 is 0 Å². The second kappa shape index (κ2) is 5.17. The van der Waals surface area contributed by atoms with Crippen molar-refractivity contribution in [2.75, 3.05) is 31.1 Å². The molecule has 104 valence electrons. The molecule has 0 atom stereocenters. The maximum absolute atomic E-state index is 11.3. The summed E-state index contributed by atoms with van der Waals surface area (Å²) in [5, 5.41) is 14.6. The van der Waals surface area contributed by atoms with Gasteiger partial charge in [-0.05, 0) is 17.0 Å². The predicted molar refractivity (Wildman–Crippen MR) is 76.9 cm³/mol. The van der Waals surface area contributed by atoms with Crippen molar-refractivity contribution in [1.82, 2.24) is 5.32 Å². The van der Waals surface area contributed by atoms with Gasteiger partial charge in [-0.2, -0.15) is 0 Å². The number of hydrogen-bond donors (Lipinski definition) is 1. The first-order chi connectivity index (χ1) is 8.89. The van der Waals surface area contributed by atoms with E-state index in [9.17, 15) is 10.1 Å². The number of anilines is 1. The zero-order valence-corrected chi connectivity index (χ0v) is 11.8. The molecule has 1 aromatic rings. The molecule has 2 rings (SSSR count). The van der Waals surface area contributed by atoms with Crippen LogP contribution in [0.25, 0.3) is 0 Å². The van der Waals surface area contributed by atoms with Crippen LogP contribution in [0, 0.1) is 10.1 Å². The average molecular weight is 263 g/mol. The van der Waals surface area contributed by atoms with Crippen LogP contribution in [0.5, 0.6) is 0 Å². The van der Waals surface area contributed by atoms with Crippen molar-refractivity contribution in [1.29, 1.82) is 0 Å². The standard InChI is InChI=1S/C14H21N3O2/c1-14(2,3)11-4-5-12(13(10-11)17(18)19)16-8-6-15-7-9-16/h4-5,10,15H,6-9H2,1-3H3. The zero-order chi connectivity index (χ0) is 14.0. The summed E-state index contributed by atoms with van der Waals surface area (Å²) in [5.74, 6) is 0. The highest BCUT2D eigenvalue weighted by Gasteiger charge is 2.24. The molecule has 1 heterocycles. The molecular formula is C14H21N3O2. The van der Waals surface area contributed by atoms with Crippen molar-refractivity contribution in [3.63, 3.8) is 0 Å². The van der Waals surface area contributed by atoms with E-state index < -0.39 is 0 Å². The van der Waals surface area contributed by atoms with Crippen molar-refractivity contribution in [2.24, 2.45) is 0 Å². The molecule has 0 amide bonds. The van der Waals surface area contributed by atoms with E-state index in [0.717, 1.165) is 37.4 Å². The van der Waals surface area contributed by atoms with Gasteiger partial charge >= 0.3 is 0 Å². The SMILES string of the molecule is CC(C)(C)c1ccc(N2CCNCC2)c([N+](=O)[O-])c1. The third-order valence-electron chi connectivity index (χ3n) is 3.50. The van der Waals surface area contributed by atoms with E-state index >= 15 is 0 Å². The lowest BCUT2D eigenvalue weighted by Crippen LogP contribution is -2.43. The van der Waals surface area contributed by atoms with Crippen LogP contribution in [0.1, 0.15) is 26.3 Å². The highest BCUT2D eigenvalue weighted by Crippen LogP contribution is 2.33. The molecule has 19 heavy (non-hydrogen) atoms. The number of hydrogen-bond acceptors (Lipinski definition) is 4. The monoisotopic (exact) mass is 263 g/mol. The Hall–Kier alpha value is -1.62. The van der Waals surface area contributed by atoms with Gasteiger partial charge in [0.25, 0.3) is 5.69 Å². The maximum atomic E-state index is 11.3. The molecule has 1 aliphatic heterocycles. The second-order valence-corrected chi connectivity index (χ2v) is 5.95. The lowest BCUT2D eigenvalue weighted by molar-refractivity contribution is -0.384. The van der Waals surface area contributed by atoms with Crippen molar-refractivity contribution in [3.05, 3.63) is 33.9 Å². The first-order valence-corrected chi connectivity index (χ1v) is 6.64. The molecule has 5 heteroatoms. The minimum absolute atomic E-state index is 0.0766. The number of benzene rings is 1. The summed E-state index contributed by atoms with van der Waals surface area (Å²) in [6, 6.07) is 5.62. The first-order valence-electron chi connectivity index (χ1n) is 6.64. The van der Waals surface area contributed by atoms with Crippen LogP contribution in [-0.2, 0) is 5.41 Å². The molecule has 1 N–H and O–H groups in total. The molecule has 0 bridgehead atoms. The molecule has 1 fully saturated rings. The van der Waals surface area contributed by atoms with Gasteiger partial charge in [-0.25, -0.2) is 0 Å². The van der Waals surface area contributed by atoms with Gasteiger partial charge in [0.2, 0.25) is 0 Å². The Kier molecular flexibility index (Phi) is 3.75. The first kappa shape index (κ1) is 13.8. The highest BCUT2D eigenvalue weighted by molar-refractivity contribution is 5.65. The molecule has 0 aromatic heterocycles. The van der Waals surface area contributed by atoms with Crippen LogP contribution in [0.15, 0.2) is 18.2 Å². The number of rotatable bonds is 2. The van der Waals surface area contributed by atoms with Crippen LogP contribution in [0.2, 0.25) is 0 Å². The average Bonchev–Trinajstić information content (AvgIpc) is 2.38. The molecule has 0 aliphatic carbocycles. The summed E-state index contributed by atoms with van der Waals surface area (Å²) < 4.78 is 0. The topological polar surface area (TPSA) is 58.4 Å². The Labute approximate surface area is 113 Å². The fourth-order valence-electron chi connectivity index (χ4n) is 2.31. The lowest BCUT2D eigenvalue weighted by atomic mass is 9.86. The third kappa shape index (κ3) is 3.04. The van der Waals surface area contributed by atoms with Gasteiger partial charge in [-0.1, -0.05) is 26.8 Å². The van der Waals surface area contributed by atoms with Gasteiger partial charge in [0.1, 0.15) is 5.69 Å². The Bertz CT molecular complexity index is 474. The number of nitrogens with zero attached hydrogens (tertiary/aromatic N) is 2. The van der Waals surface area contributed by atoms with E-state index in [0.29, 0.717) is 0 Å². The van der Waals surface area contributed by atoms with Crippen LogP contribution in [-0.4, -0.2) is 31.1 Å². The maximum Gasteiger partial charge on any atom is 0.292 e. The molecule has 1 saturated heterocycles. The van der Waals surface area contributed by atoms with Gasteiger partial charge in [0.15, 0.2) is 0 Å². The lowest BCUT2D eigenvalue weighted by Gasteiger charge is -2.29. The Balaban J connectivity index is 2.40. The fourth-order valence-corrected chi connectivity index (χ4v) is 2.31.